The van der Waals surface area contributed by atoms with Crippen LogP contribution >= 0.6 is 23.1 Å². The fourth-order valence-electron chi connectivity index (χ4n) is 2.57. The Kier molecular flexibility index (Phi) is 4.29. The Morgan fingerprint density at radius 2 is 1.74 bits per heavy atom. The van der Waals surface area contributed by atoms with E-state index in [0.29, 0.717) is 10.7 Å². The van der Waals surface area contributed by atoms with E-state index in [1.807, 2.05) is 6.92 Å². The largest absolute Gasteiger partial charge is 0.275 e. The smallest absolute Gasteiger partial charge is 0.267 e. The van der Waals surface area contributed by atoms with Gasteiger partial charge in [0.1, 0.15) is 5.01 Å². The van der Waals surface area contributed by atoms with Crippen LogP contribution in [0.15, 0.2) is 21.8 Å². The number of hydrogen-bond donors (Lipinski definition) is 0. The lowest BCUT2D eigenvalue weighted by Crippen LogP contribution is -2.15. The van der Waals surface area contributed by atoms with Gasteiger partial charge in [0.05, 0.1) is 5.69 Å². The summed E-state index contributed by atoms with van der Waals surface area (Å²) in [5.41, 5.74) is 5.92. The average Bonchev–Trinajstić information content (AvgIpc) is 2.86. The fraction of sp³-hybridized carbons (Fsp3) is 0.353. The lowest BCUT2D eigenvalue weighted by molar-refractivity contribution is 0.872. The van der Waals surface area contributed by atoms with Crippen molar-refractivity contribution in [2.45, 2.75) is 45.3 Å². The van der Waals surface area contributed by atoms with Crippen molar-refractivity contribution in [1.29, 1.82) is 0 Å². The number of aryl methyl sites for hydroxylation is 3. The maximum absolute atomic E-state index is 12.1. The van der Waals surface area contributed by atoms with Crippen LogP contribution in [0.1, 0.15) is 33.0 Å². The van der Waals surface area contributed by atoms with Crippen LogP contribution in [0.3, 0.4) is 0 Å². The Balaban J connectivity index is 1.94. The fourth-order valence-corrected chi connectivity index (χ4v) is 4.53. The van der Waals surface area contributed by atoms with Crippen LogP contribution in [0.2, 0.25) is 0 Å². The maximum atomic E-state index is 12.1. The number of benzene rings is 1. The second kappa shape index (κ2) is 6.09. The van der Waals surface area contributed by atoms with E-state index in [1.165, 1.54) is 43.0 Å². The first kappa shape index (κ1) is 16.2. The Morgan fingerprint density at radius 1 is 1.09 bits per heavy atom. The minimum atomic E-state index is -0.108. The summed E-state index contributed by atoms with van der Waals surface area (Å²) in [5, 5.41) is 5.02. The molecule has 6 heteroatoms. The summed E-state index contributed by atoms with van der Waals surface area (Å²) in [6.45, 7) is 10.5. The summed E-state index contributed by atoms with van der Waals surface area (Å²) < 4.78 is 1.38. The molecule has 2 aromatic heterocycles. The first-order chi connectivity index (χ1) is 10.9. The zero-order valence-electron chi connectivity index (χ0n) is 13.9. The van der Waals surface area contributed by atoms with Gasteiger partial charge in [-0.3, -0.25) is 4.79 Å². The normalized spacial score (nSPS) is 11.3. The SMILES string of the molecule is Cc1nn2c(=O)cc(CSc3c(C)c(C)cc(C)c3C)nc2s1. The standard InChI is InChI=1S/C17H19N3OS2/c1-9-6-10(2)12(4)16(11(9)3)22-8-14-7-15(21)20-17(18-14)23-13(5)19-20/h6-7H,8H2,1-5H3. The molecular formula is C17H19N3OS2. The minimum Gasteiger partial charge on any atom is -0.267 e. The summed E-state index contributed by atoms with van der Waals surface area (Å²) >= 11 is 3.20. The van der Waals surface area contributed by atoms with E-state index in [9.17, 15) is 4.79 Å². The van der Waals surface area contributed by atoms with Crippen molar-refractivity contribution in [2.75, 3.05) is 0 Å². The van der Waals surface area contributed by atoms with E-state index in [1.54, 1.807) is 17.8 Å². The topological polar surface area (TPSA) is 47.3 Å². The van der Waals surface area contributed by atoms with Gasteiger partial charge in [-0.1, -0.05) is 17.4 Å². The van der Waals surface area contributed by atoms with Gasteiger partial charge in [-0.15, -0.1) is 11.8 Å². The van der Waals surface area contributed by atoms with Crippen molar-refractivity contribution in [3.05, 3.63) is 55.4 Å². The van der Waals surface area contributed by atoms with Crippen LogP contribution in [0.4, 0.5) is 0 Å². The van der Waals surface area contributed by atoms with Gasteiger partial charge in [0, 0.05) is 16.7 Å². The molecule has 0 aliphatic rings. The van der Waals surface area contributed by atoms with E-state index < -0.39 is 0 Å². The highest BCUT2D eigenvalue weighted by molar-refractivity contribution is 7.98. The lowest BCUT2D eigenvalue weighted by atomic mass is 10.0. The molecule has 0 radical (unpaired) electrons. The third kappa shape index (κ3) is 3.05. The average molecular weight is 345 g/mol. The van der Waals surface area contributed by atoms with Crippen LogP contribution in [-0.2, 0) is 5.75 Å². The first-order valence-corrected chi connectivity index (χ1v) is 9.23. The van der Waals surface area contributed by atoms with E-state index in [-0.39, 0.29) is 5.56 Å². The number of fused-ring (bicyclic) bond motifs is 1. The molecule has 3 rings (SSSR count). The molecule has 0 aliphatic heterocycles. The molecular weight excluding hydrogens is 326 g/mol. The van der Waals surface area contributed by atoms with Gasteiger partial charge in [0.25, 0.3) is 5.56 Å². The van der Waals surface area contributed by atoms with Crippen LogP contribution in [0.5, 0.6) is 0 Å². The van der Waals surface area contributed by atoms with Crippen molar-refractivity contribution in [1.82, 2.24) is 14.6 Å². The summed E-state index contributed by atoms with van der Waals surface area (Å²) in [4.78, 5) is 18.7. The van der Waals surface area contributed by atoms with Crippen LogP contribution in [0, 0.1) is 34.6 Å². The van der Waals surface area contributed by atoms with Crippen LogP contribution in [0.25, 0.3) is 4.96 Å². The summed E-state index contributed by atoms with van der Waals surface area (Å²) in [6.07, 6.45) is 0. The Labute approximate surface area is 143 Å². The second-order valence-corrected chi connectivity index (χ2v) is 7.93. The van der Waals surface area contributed by atoms with Gasteiger partial charge in [-0.05, 0) is 56.9 Å². The summed E-state index contributed by atoms with van der Waals surface area (Å²) in [5.74, 6) is 0.688. The molecule has 3 aromatic rings. The first-order valence-electron chi connectivity index (χ1n) is 7.43. The predicted molar refractivity (Wildman–Crippen MR) is 96.8 cm³/mol. The van der Waals surface area contributed by atoms with Crippen molar-refractivity contribution in [3.8, 4) is 0 Å². The highest BCUT2D eigenvalue weighted by Crippen LogP contribution is 2.32. The van der Waals surface area contributed by atoms with Crippen molar-refractivity contribution in [2.24, 2.45) is 0 Å². The number of thioether (sulfide) groups is 1. The zero-order valence-corrected chi connectivity index (χ0v) is 15.6. The number of nitrogens with zero attached hydrogens (tertiary/aromatic N) is 3. The van der Waals surface area contributed by atoms with Gasteiger partial charge in [0.15, 0.2) is 0 Å². The Hall–Kier alpha value is -1.66. The van der Waals surface area contributed by atoms with Crippen molar-refractivity contribution < 1.29 is 0 Å². The quantitative estimate of drug-likeness (QED) is 0.674. The summed E-state index contributed by atoms with van der Waals surface area (Å²) in [7, 11) is 0. The van der Waals surface area contributed by atoms with E-state index >= 15 is 0 Å². The van der Waals surface area contributed by atoms with Crippen LogP contribution < -0.4 is 5.56 Å². The molecule has 23 heavy (non-hydrogen) atoms. The van der Waals surface area contributed by atoms with Gasteiger partial charge < -0.3 is 0 Å². The molecule has 0 bridgehead atoms. The molecule has 0 unspecified atom stereocenters. The van der Waals surface area contributed by atoms with Gasteiger partial charge in [-0.2, -0.15) is 9.61 Å². The van der Waals surface area contributed by atoms with Crippen LogP contribution in [-0.4, -0.2) is 14.6 Å². The molecule has 1 aromatic carbocycles. The molecule has 120 valence electrons. The monoisotopic (exact) mass is 345 g/mol. The summed E-state index contributed by atoms with van der Waals surface area (Å²) in [6, 6.07) is 3.82. The molecule has 0 atom stereocenters. The lowest BCUT2D eigenvalue weighted by Gasteiger charge is -2.14. The molecule has 0 spiro atoms. The highest BCUT2D eigenvalue weighted by Gasteiger charge is 2.11. The molecule has 0 amide bonds. The van der Waals surface area contributed by atoms with Crippen molar-refractivity contribution >= 4 is 28.1 Å². The predicted octanol–water partition coefficient (Wildman–Crippen LogP) is 3.99. The maximum Gasteiger partial charge on any atom is 0.275 e. The molecule has 0 saturated carbocycles. The number of rotatable bonds is 3. The number of aromatic nitrogens is 3. The number of hydrogen-bond acceptors (Lipinski definition) is 5. The molecule has 2 heterocycles. The minimum absolute atomic E-state index is 0.108. The molecule has 0 N–H and O–H groups in total. The molecule has 0 aliphatic carbocycles. The van der Waals surface area contributed by atoms with Crippen molar-refractivity contribution in [3.63, 3.8) is 0 Å². The molecule has 0 fully saturated rings. The van der Waals surface area contributed by atoms with E-state index in [0.717, 1.165) is 10.7 Å². The zero-order chi connectivity index (χ0) is 16.7. The third-order valence-electron chi connectivity index (χ3n) is 4.06. The van der Waals surface area contributed by atoms with Gasteiger partial charge >= 0.3 is 0 Å². The third-order valence-corrected chi connectivity index (χ3v) is 6.23. The second-order valence-electron chi connectivity index (χ2n) is 5.78. The van der Waals surface area contributed by atoms with Gasteiger partial charge in [0.2, 0.25) is 4.96 Å². The molecule has 4 nitrogen and oxygen atoms in total. The van der Waals surface area contributed by atoms with Gasteiger partial charge in [-0.25, -0.2) is 4.98 Å². The highest BCUT2D eigenvalue weighted by atomic mass is 32.2. The molecule has 0 saturated heterocycles. The van der Waals surface area contributed by atoms with E-state index in [4.69, 9.17) is 0 Å². The van der Waals surface area contributed by atoms with E-state index in [2.05, 4.69) is 43.8 Å². The Bertz CT molecular complexity index is 930. The Morgan fingerprint density at radius 3 is 2.39 bits per heavy atom.